The third-order valence-corrected chi connectivity index (χ3v) is 2.17. The van der Waals surface area contributed by atoms with Crippen LogP contribution in [0.25, 0.3) is 17.0 Å². The quantitative estimate of drug-likeness (QED) is 0.777. The topological polar surface area (TPSA) is 38.0 Å². The molecule has 2 rings (SSSR count). The van der Waals surface area contributed by atoms with Crippen LogP contribution in [0.4, 0.5) is 0 Å². The minimum Gasteiger partial charge on any atom is -0.392 e. The lowest BCUT2D eigenvalue weighted by Crippen LogP contribution is -1.92. The SMILES string of the molecule is Cn1nc2ccccc2c1/C=C/CO. The Hall–Kier alpha value is -1.61. The van der Waals surface area contributed by atoms with E-state index in [1.54, 1.807) is 6.08 Å². The number of benzene rings is 1. The second kappa shape index (κ2) is 3.64. The second-order valence-electron chi connectivity index (χ2n) is 3.11. The Morgan fingerprint density at radius 2 is 2.21 bits per heavy atom. The molecule has 0 unspecified atom stereocenters. The van der Waals surface area contributed by atoms with Crippen LogP contribution < -0.4 is 0 Å². The fourth-order valence-electron chi connectivity index (χ4n) is 1.53. The Kier molecular flexibility index (Phi) is 2.33. The van der Waals surface area contributed by atoms with Crippen LogP contribution in [0, 0.1) is 0 Å². The molecule has 0 spiro atoms. The van der Waals surface area contributed by atoms with Gasteiger partial charge in [-0.25, -0.2) is 0 Å². The number of aliphatic hydroxyl groups is 1. The summed E-state index contributed by atoms with van der Waals surface area (Å²) in [6, 6.07) is 7.96. The van der Waals surface area contributed by atoms with Gasteiger partial charge >= 0.3 is 0 Å². The van der Waals surface area contributed by atoms with Crippen LogP contribution in [-0.4, -0.2) is 21.5 Å². The Morgan fingerprint density at radius 1 is 1.43 bits per heavy atom. The molecule has 0 saturated carbocycles. The van der Waals surface area contributed by atoms with Gasteiger partial charge in [-0.1, -0.05) is 24.3 Å². The van der Waals surface area contributed by atoms with E-state index >= 15 is 0 Å². The maximum atomic E-state index is 8.71. The van der Waals surface area contributed by atoms with Gasteiger partial charge in [0.1, 0.15) is 0 Å². The Bertz CT molecular complexity index is 471. The molecule has 0 aliphatic rings. The van der Waals surface area contributed by atoms with Gasteiger partial charge < -0.3 is 5.11 Å². The highest BCUT2D eigenvalue weighted by Gasteiger charge is 2.03. The zero-order valence-electron chi connectivity index (χ0n) is 8.01. The molecule has 0 radical (unpaired) electrons. The van der Waals surface area contributed by atoms with Crippen LogP contribution in [0.3, 0.4) is 0 Å². The van der Waals surface area contributed by atoms with E-state index in [9.17, 15) is 0 Å². The number of aliphatic hydroxyl groups excluding tert-OH is 1. The van der Waals surface area contributed by atoms with Crippen molar-refractivity contribution in [3.63, 3.8) is 0 Å². The first-order valence-electron chi connectivity index (χ1n) is 4.52. The van der Waals surface area contributed by atoms with Crippen molar-refractivity contribution in [3.05, 3.63) is 36.0 Å². The predicted molar refractivity (Wildman–Crippen MR) is 56.8 cm³/mol. The first kappa shape index (κ1) is 8.97. The number of aromatic nitrogens is 2. The molecular weight excluding hydrogens is 176 g/mol. The minimum absolute atomic E-state index is 0.0551. The Balaban J connectivity index is 2.62. The number of rotatable bonds is 2. The first-order chi connectivity index (χ1) is 6.83. The van der Waals surface area contributed by atoms with Crippen molar-refractivity contribution < 1.29 is 5.11 Å². The van der Waals surface area contributed by atoms with Gasteiger partial charge in [0.2, 0.25) is 0 Å². The van der Waals surface area contributed by atoms with Crippen molar-refractivity contribution in [2.24, 2.45) is 7.05 Å². The van der Waals surface area contributed by atoms with Crippen molar-refractivity contribution in [2.75, 3.05) is 6.61 Å². The molecule has 1 aromatic heterocycles. The van der Waals surface area contributed by atoms with Crippen LogP contribution in [0.1, 0.15) is 5.69 Å². The van der Waals surface area contributed by atoms with Crippen molar-refractivity contribution in [1.82, 2.24) is 9.78 Å². The zero-order valence-corrected chi connectivity index (χ0v) is 8.01. The molecule has 14 heavy (non-hydrogen) atoms. The standard InChI is InChI=1S/C11H12N2O/c1-13-11(7-4-8-14)9-5-2-3-6-10(9)12-13/h2-7,14H,8H2,1H3/b7-4+. The summed E-state index contributed by atoms with van der Waals surface area (Å²) in [6.07, 6.45) is 3.60. The van der Waals surface area contributed by atoms with Gasteiger partial charge in [-0.2, -0.15) is 5.10 Å². The molecule has 0 aliphatic heterocycles. The molecule has 72 valence electrons. The van der Waals surface area contributed by atoms with Gasteiger partial charge in [-0.05, 0) is 12.1 Å². The average molecular weight is 188 g/mol. The van der Waals surface area contributed by atoms with E-state index in [-0.39, 0.29) is 6.61 Å². The van der Waals surface area contributed by atoms with Crippen LogP contribution in [0.2, 0.25) is 0 Å². The summed E-state index contributed by atoms with van der Waals surface area (Å²) in [7, 11) is 1.90. The van der Waals surface area contributed by atoms with E-state index in [1.807, 2.05) is 42.1 Å². The second-order valence-corrected chi connectivity index (χ2v) is 3.11. The summed E-state index contributed by atoms with van der Waals surface area (Å²) in [5.74, 6) is 0. The highest BCUT2D eigenvalue weighted by molar-refractivity contribution is 5.86. The molecule has 0 atom stereocenters. The third-order valence-electron chi connectivity index (χ3n) is 2.17. The summed E-state index contributed by atoms with van der Waals surface area (Å²) in [4.78, 5) is 0. The van der Waals surface area contributed by atoms with E-state index in [2.05, 4.69) is 5.10 Å². The lowest BCUT2D eigenvalue weighted by atomic mass is 10.2. The summed E-state index contributed by atoms with van der Waals surface area (Å²) in [5, 5.41) is 14.2. The molecule has 1 heterocycles. The van der Waals surface area contributed by atoms with Crippen LogP contribution in [0.15, 0.2) is 30.3 Å². The summed E-state index contributed by atoms with van der Waals surface area (Å²) < 4.78 is 1.82. The van der Waals surface area contributed by atoms with Gasteiger partial charge in [-0.15, -0.1) is 0 Å². The lowest BCUT2D eigenvalue weighted by molar-refractivity contribution is 0.343. The largest absolute Gasteiger partial charge is 0.392 e. The molecule has 1 N–H and O–H groups in total. The number of nitrogens with zero attached hydrogens (tertiary/aromatic N) is 2. The van der Waals surface area contributed by atoms with Crippen LogP contribution in [-0.2, 0) is 7.05 Å². The van der Waals surface area contributed by atoms with Crippen molar-refractivity contribution in [1.29, 1.82) is 0 Å². The molecule has 3 nitrogen and oxygen atoms in total. The predicted octanol–water partition coefficient (Wildman–Crippen LogP) is 1.58. The van der Waals surface area contributed by atoms with E-state index < -0.39 is 0 Å². The number of hydrogen-bond donors (Lipinski definition) is 1. The molecule has 0 saturated heterocycles. The fraction of sp³-hybridized carbons (Fsp3) is 0.182. The fourth-order valence-corrected chi connectivity index (χ4v) is 1.53. The van der Waals surface area contributed by atoms with Crippen molar-refractivity contribution >= 4 is 17.0 Å². The van der Waals surface area contributed by atoms with Gasteiger partial charge in [0.15, 0.2) is 0 Å². The first-order valence-corrected chi connectivity index (χ1v) is 4.52. The maximum Gasteiger partial charge on any atom is 0.0929 e. The molecular formula is C11H12N2O. The lowest BCUT2D eigenvalue weighted by Gasteiger charge is -1.93. The van der Waals surface area contributed by atoms with Crippen LogP contribution >= 0.6 is 0 Å². The van der Waals surface area contributed by atoms with E-state index in [4.69, 9.17) is 5.11 Å². The summed E-state index contributed by atoms with van der Waals surface area (Å²) in [6.45, 7) is 0.0551. The molecule has 0 bridgehead atoms. The zero-order chi connectivity index (χ0) is 9.97. The summed E-state index contributed by atoms with van der Waals surface area (Å²) >= 11 is 0. The van der Waals surface area contributed by atoms with Crippen molar-refractivity contribution in [3.8, 4) is 0 Å². The van der Waals surface area contributed by atoms with Gasteiger partial charge in [-0.3, -0.25) is 4.68 Å². The van der Waals surface area contributed by atoms with Gasteiger partial charge in [0, 0.05) is 12.4 Å². The highest BCUT2D eigenvalue weighted by atomic mass is 16.2. The van der Waals surface area contributed by atoms with E-state index in [0.717, 1.165) is 16.6 Å². The van der Waals surface area contributed by atoms with Gasteiger partial charge in [0.05, 0.1) is 17.8 Å². The van der Waals surface area contributed by atoms with E-state index in [0.29, 0.717) is 0 Å². The molecule has 2 aromatic rings. The highest BCUT2D eigenvalue weighted by Crippen LogP contribution is 2.18. The van der Waals surface area contributed by atoms with Crippen molar-refractivity contribution in [2.45, 2.75) is 0 Å². The maximum absolute atomic E-state index is 8.71. The van der Waals surface area contributed by atoms with Gasteiger partial charge in [0.25, 0.3) is 0 Å². The monoisotopic (exact) mass is 188 g/mol. The smallest absolute Gasteiger partial charge is 0.0929 e. The third kappa shape index (κ3) is 1.42. The summed E-state index contributed by atoms with van der Waals surface area (Å²) in [5.41, 5.74) is 2.00. The average Bonchev–Trinajstić information content (AvgIpc) is 2.51. The molecule has 0 fully saturated rings. The Labute approximate surface area is 82.3 Å². The minimum atomic E-state index is 0.0551. The number of hydrogen-bond acceptors (Lipinski definition) is 2. The van der Waals surface area contributed by atoms with Crippen LogP contribution in [0.5, 0.6) is 0 Å². The normalized spacial score (nSPS) is 11.6. The molecule has 0 aliphatic carbocycles. The molecule has 0 amide bonds. The number of fused-ring (bicyclic) bond motifs is 1. The Morgan fingerprint density at radius 3 is 3.00 bits per heavy atom. The van der Waals surface area contributed by atoms with E-state index in [1.165, 1.54) is 0 Å². The molecule has 3 heteroatoms. The number of aryl methyl sites for hydroxylation is 1. The molecule has 1 aromatic carbocycles.